The summed E-state index contributed by atoms with van der Waals surface area (Å²) in [7, 11) is 0. The maximum Gasteiger partial charge on any atom is 0.337 e. The fraction of sp³-hybridized carbons (Fsp3) is 0. The number of hydrogen-bond donors (Lipinski definition) is 1. The smallest absolute Gasteiger partial charge is 0.337 e. The van der Waals surface area contributed by atoms with E-state index in [4.69, 9.17) is 5.11 Å². The van der Waals surface area contributed by atoms with Crippen molar-refractivity contribution in [2.24, 2.45) is 0 Å². The van der Waals surface area contributed by atoms with E-state index in [2.05, 4.69) is 9.97 Å². The Kier molecular flexibility index (Phi) is 3.25. The minimum absolute atomic E-state index is 0.182. The zero-order valence-corrected chi connectivity index (χ0v) is 8.95. The molecule has 0 aliphatic heterocycles. The average molecular weight is 226 g/mol. The molecular weight excluding hydrogens is 216 g/mol. The lowest BCUT2D eigenvalue weighted by Crippen LogP contribution is -1.96. The van der Waals surface area contributed by atoms with E-state index in [1.807, 2.05) is 24.3 Å². The third-order valence-corrected chi connectivity index (χ3v) is 2.18. The van der Waals surface area contributed by atoms with Gasteiger partial charge in [-0.1, -0.05) is 12.2 Å². The van der Waals surface area contributed by atoms with E-state index in [-0.39, 0.29) is 5.56 Å². The number of rotatable bonds is 3. The molecule has 0 saturated heterocycles. The van der Waals surface area contributed by atoms with E-state index in [0.717, 1.165) is 11.1 Å². The first-order valence-electron chi connectivity index (χ1n) is 5.02. The van der Waals surface area contributed by atoms with Crippen molar-refractivity contribution in [3.05, 3.63) is 59.7 Å². The number of carboxylic acids is 1. The van der Waals surface area contributed by atoms with E-state index >= 15 is 0 Å². The van der Waals surface area contributed by atoms with Gasteiger partial charge in [-0.3, -0.25) is 9.97 Å². The number of nitrogens with zero attached hydrogens (tertiary/aromatic N) is 2. The molecule has 0 saturated carbocycles. The summed E-state index contributed by atoms with van der Waals surface area (Å²) in [6, 6.07) is 5.31. The van der Waals surface area contributed by atoms with Gasteiger partial charge in [0.25, 0.3) is 0 Å². The van der Waals surface area contributed by atoms with Crippen molar-refractivity contribution in [3.8, 4) is 0 Å². The van der Waals surface area contributed by atoms with Gasteiger partial charge >= 0.3 is 5.97 Å². The van der Waals surface area contributed by atoms with Crippen molar-refractivity contribution in [2.45, 2.75) is 0 Å². The zero-order chi connectivity index (χ0) is 12.1. The van der Waals surface area contributed by atoms with Crippen LogP contribution in [-0.2, 0) is 0 Å². The summed E-state index contributed by atoms with van der Waals surface area (Å²) in [5.74, 6) is -0.975. The van der Waals surface area contributed by atoms with Crippen LogP contribution in [-0.4, -0.2) is 21.0 Å². The van der Waals surface area contributed by atoms with E-state index in [9.17, 15) is 4.79 Å². The molecule has 0 unspecified atom stereocenters. The Labute approximate surface area is 98.3 Å². The van der Waals surface area contributed by atoms with Crippen molar-refractivity contribution < 1.29 is 9.90 Å². The van der Waals surface area contributed by atoms with Gasteiger partial charge in [0.2, 0.25) is 0 Å². The highest BCUT2D eigenvalue weighted by Crippen LogP contribution is 2.08. The topological polar surface area (TPSA) is 63.1 Å². The first kappa shape index (κ1) is 11.0. The molecule has 0 bridgehead atoms. The van der Waals surface area contributed by atoms with Gasteiger partial charge < -0.3 is 5.11 Å². The molecule has 0 radical (unpaired) electrons. The largest absolute Gasteiger partial charge is 0.478 e. The molecule has 2 rings (SSSR count). The third kappa shape index (κ3) is 2.98. The highest BCUT2D eigenvalue weighted by molar-refractivity contribution is 5.88. The molecule has 2 aromatic rings. The van der Waals surface area contributed by atoms with Crippen LogP contribution in [0.3, 0.4) is 0 Å². The monoisotopic (exact) mass is 226 g/mol. The van der Waals surface area contributed by atoms with Crippen LogP contribution in [0, 0.1) is 0 Å². The normalized spacial score (nSPS) is 10.6. The lowest BCUT2D eigenvalue weighted by Gasteiger charge is -1.96. The number of carboxylic acid groups (broad SMARTS) is 1. The second kappa shape index (κ2) is 5.03. The number of aromatic nitrogens is 2. The molecule has 0 fully saturated rings. The fourth-order valence-corrected chi connectivity index (χ4v) is 1.33. The third-order valence-electron chi connectivity index (χ3n) is 2.18. The zero-order valence-electron chi connectivity index (χ0n) is 8.95. The molecule has 84 valence electrons. The summed E-state index contributed by atoms with van der Waals surface area (Å²) >= 11 is 0. The predicted octanol–water partition coefficient (Wildman–Crippen LogP) is 2.35. The van der Waals surface area contributed by atoms with E-state index in [1.165, 1.54) is 6.20 Å². The fourth-order valence-electron chi connectivity index (χ4n) is 1.33. The van der Waals surface area contributed by atoms with E-state index in [0.29, 0.717) is 0 Å². The second-order valence-electron chi connectivity index (χ2n) is 3.43. The van der Waals surface area contributed by atoms with Gasteiger partial charge in [0.15, 0.2) is 0 Å². The van der Waals surface area contributed by atoms with Gasteiger partial charge in [0.05, 0.1) is 5.56 Å². The maximum absolute atomic E-state index is 10.8. The summed E-state index contributed by atoms with van der Waals surface area (Å²) in [5.41, 5.74) is 1.93. The molecule has 4 nitrogen and oxygen atoms in total. The van der Waals surface area contributed by atoms with Crippen molar-refractivity contribution in [3.63, 3.8) is 0 Å². The van der Waals surface area contributed by atoms with Gasteiger partial charge in [-0.25, -0.2) is 4.79 Å². The van der Waals surface area contributed by atoms with Gasteiger partial charge in [0.1, 0.15) is 0 Å². The molecule has 0 spiro atoms. The molecule has 0 amide bonds. The van der Waals surface area contributed by atoms with Crippen LogP contribution >= 0.6 is 0 Å². The van der Waals surface area contributed by atoms with E-state index in [1.54, 1.807) is 24.7 Å². The Morgan fingerprint density at radius 2 is 1.76 bits per heavy atom. The van der Waals surface area contributed by atoms with Crippen LogP contribution in [0.4, 0.5) is 0 Å². The molecule has 0 aromatic carbocycles. The Balaban J connectivity index is 2.22. The van der Waals surface area contributed by atoms with Crippen LogP contribution in [0.1, 0.15) is 21.5 Å². The van der Waals surface area contributed by atoms with Gasteiger partial charge in [-0.2, -0.15) is 0 Å². The lowest BCUT2D eigenvalue weighted by atomic mass is 10.1. The van der Waals surface area contributed by atoms with Crippen LogP contribution in [0.15, 0.2) is 43.0 Å². The predicted molar refractivity (Wildman–Crippen MR) is 64.4 cm³/mol. The molecule has 17 heavy (non-hydrogen) atoms. The first-order valence-corrected chi connectivity index (χ1v) is 5.02. The summed E-state index contributed by atoms with van der Waals surface area (Å²) in [6.07, 6.45) is 10.0. The van der Waals surface area contributed by atoms with Gasteiger partial charge in [-0.05, 0) is 29.3 Å². The molecule has 0 aliphatic carbocycles. The summed E-state index contributed by atoms with van der Waals surface area (Å²) in [6.45, 7) is 0. The van der Waals surface area contributed by atoms with Gasteiger partial charge in [-0.15, -0.1) is 0 Å². The maximum atomic E-state index is 10.8. The molecule has 1 N–H and O–H groups in total. The quantitative estimate of drug-likeness (QED) is 0.872. The van der Waals surface area contributed by atoms with Crippen LogP contribution < -0.4 is 0 Å². The van der Waals surface area contributed by atoms with Crippen LogP contribution in [0.5, 0.6) is 0 Å². The first-order chi connectivity index (χ1) is 8.25. The van der Waals surface area contributed by atoms with Crippen molar-refractivity contribution in [2.75, 3.05) is 0 Å². The highest BCUT2D eigenvalue weighted by Gasteiger charge is 2.01. The van der Waals surface area contributed by atoms with Crippen LogP contribution in [0.2, 0.25) is 0 Å². The Morgan fingerprint density at radius 3 is 2.47 bits per heavy atom. The summed E-state index contributed by atoms with van der Waals surface area (Å²) < 4.78 is 0. The molecule has 4 heteroatoms. The Bertz CT molecular complexity index is 550. The summed E-state index contributed by atoms with van der Waals surface area (Å²) in [4.78, 5) is 18.5. The number of aromatic carboxylic acids is 1. The van der Waals surface area contributed by atoms with Gasteiger partial charge in [0, 0.05) is 24.8 Å². The standard InChI is InChI=1S/C13H10N2O2/c16-13(17)12-7-11(8-15-9-12)2-1-10-3-5-14-6-4-10/h1-9H,(H,16,17)/b2-1+. The molecule has 2 heterocycles. The van der Waals surface area contributed by atoms with Crippen molar-refractivity contribution >= 4 is 18.1 Å². The molecular formula is C13H10N2O2. The molecule has 0 atom stereocenters. The number of carbonyl (C=O) groups is 1. The Hall–Kier alpha value is -2.49. The Morgan fingerprint density at radius 1 is 1.06 bits per heavy atom. The minimum Gasteiger partial charge on any atom is -0.478 e. The van der Waals surface area contributed by atoms with E-state index < -0.39 is 5.97 Å². The molecule has 0 aliphatic rings. The molecule has 2 aromatic heterocycles. The minimum atomic E-state index is -0.975. The second-order valence-corrected chi connectivity index (χ2v) is 3.43. The number of pyridine rings is 2. The summed E-state index contributed by atoms with van der Waals surface area (Å²) in [5, 5.41) is 8.82. The highest BCUT2D eigenvalue weighted by atomic mass is 16.4. The van der Waals surface area contributed by atoms with Crippen molar-refractivity contribution in [1.82, 2.24) is 9.97 Å². The average Bonchev–Trinajstić information content (AvgIpc) is 2.38. The number of hydrogen-bond acceptors (Lipinski definition) is 3. The van der Waals surface area contributed by atoms with Crippen LogP contribution in [0.25, 0.3) is 12.2 Å². The van der Waals surface area contributed by atoms with Crippen molar-refractivity contribution in [1.29, 1.82) is 0 Å². The SMILES string of the molecule is O=C(O)c1cncc(/C=C/c2ccncc2)c1. The lowest BCUT2D eigenvalue weighted by molar-refractivity contribution is 0.0696.